The van der Waals surface area contributed by atoms with Gasteiger partial charge < -0.3 is 25.2 Å². The number of phosphoric acid groups is 1. The molecule has 0 aromatic heterocycles. The van der Waals surface area contributed by atoms with Gasteiger partial charge >= 0.3 is 19.8 Å². The second-order valence-corrected chi connectivity index (χ2v) is 14.4. The third-order valence-corrected chi connectivity index (χ3v) is 8.84. The SMILES string of the molecule is CCCCC/C=C\C/C=C\C/C=C\C=C\[C@@H](O)CCCC(=O)OC[C@H](COP(=O)(O)OCCN)OC(=O)CCCC/C=C\C/C=C\C/C=C\CCCCC. The number of hydrogen-bond acceptors (Lipinski definition) is 9. The molecule has 0 aliphatic carbocycles. The number of carbonyl (C=O) groups excluding carboxylic acids is 2. The van der Waals surface area contributed by atoms with E-state index in [1.165, 1.54) is 38.5 Å². The Labute approximate surface area is 326 Å². The fourth-order valence-electron chi connectivity index (χ4n) is 4.80. The molecule has 0 aromatic rings. The summed E-state index contributed by atoms with van der Waals surface area (Å²) in [5.41, 5.74) is 5.32. The van der Waals surface area contributed by atoms with Crippen LogP contribution in [0.15, 0.2) is 85.1 Å². The van der Waals surface area contributed by atoms with Crippen LogP contribution in [0, 0.1) is 0 Å². The van der Waals surface area contributed by atoms with Crippen molar-refractivity contribution in [3.05, 3.63) is 85.1 Å². The van der Waals surface area contributed by atoms with E-state index in [-0.39, 0.29) is 32.6 Å². The zero-order valence-electron chi connectivity index (χ0n) is 33.3. The molecule has 1 unspecified atom stereocenters. The van der Waals surface area contributed by atoms with Crippen molar-refractivity contribution in [1.29, 1.82) is 0 Å². The molecule has 0 aromatic carbocycles. The van der Waals surface area contributed by atoms with Crippen LogP contribution in [-0.2, 0) is 32.7 Å². The number of phosphoric ester groups is 1. The van der Waals surface area contributed by atoms with Gasteiger partial charge in [0.1, 0.15) is 6.61 Å². The van der Waals surface area contributed by atoms with Crippen LogP contribution in [-0.4, -0.2) is 60.5 Å². The molecule has 10 nitrogen and oxygen atoms in total. The lowest BCUT2D eigenvalue weighted by atomic mass is 10.1. The maximum Gasteiger partial charge on any atom is 0.472 e. The van der Waals surface area contributed by atoms with Gasteiger partial charge in [0.25, 0.3) is 0 Å². The number of carbonyl (C=O) groups is 2. The predicted molar refractivity (Wildman–Crippen MR) is 221 cm³/mol. The number of ether oxygens (including phenoxy) is 2. The average Bonchev–Trinajstić information content (AvgIpc) is 3.15. The van der Waals surface area contributed by atoms with Crippen molar-refractivity contribution in [1.82, 2.24) is 0 Å². The van der Waals surface area contributed by atoms with Gasteiger partial charge in [-0.2, -0.15) is 0 Å². The Bertz CT molecular complexity index is 1180. The minimum absolute atomic E-state index is 0.0169. The lowest BCUT2D eigenvalue weighted by molar-refractivity contribution is -0.161. The van der Waals surface area contributed by atoms with Crippen LogP contribution in [0.3, 0.4) is 0 Å². The molecule has 0 spiro atoms. The predicted octanol–water partition coefficient (Wildman–Crippen LogP) is 10.2. The van der Waals surface area contributed by atoms with E-state index in [1.807, 2.05) is 12.2 Å². The number of allylic oxidation sites excluding steroid dienone is 13. The Morgan fingerprint density at radius 3 is 1.72 bits per heavy atom. The van der Waals surface area contributed by atoms with Crippen LogP contribution in [0.2, 0.25) is 0 Å². The minimum Gasteiger partial charge on any atom is -0.462 e. The Morgan fingerprint density at radius 1 is 0.648 bits per heavy atom. The number of hydrogen-bond donors (Lipinski definition) is 3. The first-order valence-corrected chi connectivity index (χ1v) is 21.7. The van der Waals surface area contributed by atoms with Crippen LogP contribution >= 0.6 is 7.82 Å². The lowest BCUT2D eigenvalue weighted by Crippen LogP contribution is -2.29. The van der Waals surface area contributed by atoms with Crippen LogP contribution in [0.5, 0.6) is 0 Å². The number of aliphatic hydroxyl groups is 1. The van der Waals surface area contributed by atoms with E-state index in [2.05, 4.69) is 74.6 Å². The number of nitrogens with two attached hydrogens (primary N) is 1. The van der Waals surface area contributed by atoms with E-state index < -0.39 is 38.6 Å². The van der Waals surface area contributed by atoms with Crippen molar-refractivity contribution in [3.63, 3.8) is 0 Å². The number of unbranched alkanes of at least 4 members (excludes halogenated alkanes) is 8. The molecule has 0 aliphatic heterocycles. The Kier molecular flexibility index (Phi) is 36.4. The Hall–Kier alpha value is -2.85. The van der Waals surface area contributed by atoms with Gasteiger partial charge in [-0.15, -0.1) is 0 Å². The highest BCUT2D eigenvalue weighted by molar-refractivity contribution is 7.47. The van der Waals surface area contributed by atoms with Crippen LogP contribution in [0.25, 0.3) is 0 Å². The number of rotatable bonds is 36. The molecule has 0 bridgehead atoms. The largest absolute Gasteiger partial charge is 0.472 e. The normalized spacial score (nSPS) is 14.8. The van der Waals surface area contributed by atoms with Crippen molar-refractivity contribution >= 4 is 19.8 Å². The van der Waals surface area contributed by atoms with Gasteiger partial charge in [0.05, 0.1) is 19.3 Å². The fraction of sp³-hybridized carbons (Fsp3) is 0.628. The molecule has 0 heterocycles. The smallest absolute Gasteiger partial charge is 0.462 e. The summed E-state index contributed by atoms with van der Waals surface area (Å²) in [5, 5.41) is 10.2. The molecule has 0 radical (unpaired) electrons. The van der Waals surface area contributed by atoms with E-state index in [0.29, 0.717) is 19.3 Å². The molecule has 0 saturated heterocycles. The third kappa shape index (κ3) is 37.5. The van der Waals surface area contributed by atoms with Crippen LogP contribution in [0.4, 0.5) is 0 Å². The van der Waals surface area contributed by atoms with Crippen molar-refractivity contribution < 1.29 is 42.7 Å². The first-order valence-electron chi connectivity index (χ1n) is 20.2. The quantitative estimate of drug-likeness (QED) is 0.0184. The highest BCUT2D eigenvalue weighted by Crippen LogP contribution is 2.43. The maximum absolute atomic E-state index is 12.5. The van der Waals surface area contributed by atoms with E-state index in [4.69, 9.17) is 24.3 Å². The second kappa shape index (κ2) is 38.4. The van der Waals surface area contributed by atoms with Crippen LogP contribution < -0.4 is 5.73 Å². The molecule has 54 heavy (non-hydrogen) atoms. The summed E-state index contributed by atoms with van der Waals surface area (Å²) < 4.78 is 32.5. The van der Waals surface area contributed by atoms with Gasteiger partial charge in [-0.05, 0) is 83.5 Å². The van der Waals surface area contributed by atoms with Crippen molar-refractivity contribution in [2.24, 2.45) is 5.73 Å². The zero-order chi connectivity index (χ0) is 39.8. The first-order chi connectivity index (χ1) is 26.2. The van der Waals surface area contributed by atoms with Crippen molar-refractivity contribution in [3.8, 4) is 0 Å². The van der Waals surface area contributed by atoms with Gasteiger partial charge in [-0.25, -0.2) is 4.57 Å². The Balaban J connectivity index is 4.49. The van der Waals surface area contributed by atoms with Crippen molar-refractivity contribution in [2.45, 2.75) is 148 Å². The number of esters is 2. The van der Waals surface area contributed by atoms with E-state index in [1.54, 1.807) is 12.2 Å². The summed E-state index contributed by atoms with van der Waals surface area (Å²) in [5.74, 6) is -1.09. The molecule has 0 fully saturated rings. The van der Waals surface area contributed by atoms with Gasteiger partial charge in [0.2, 0.25) is 0 Å². The topological polar surface area (TPSA) is 155 Å². The lowest BCUT2D eigenvalue weighted by Gasteiger charge is -2.20. The first kappa shape index (κ1) is 51.1. The molecule has 0 amide bonds. The highest BCUT2D eigenvalue weighted by Gasteiger charge is 2.26. The van der Waals surface area contributed by atoms with Gasteiger partial charge in [0.15, 0.2) is 6.10 Å². The van der Waals surface area contributed by atoms with Gasteiger partial charge in [-0.1, -0.05) is 125 Å². The van der Waals surface area contributed by atoms with E-state index >= 15 is 0 Å². The summed E-state index contributed by atoms with van der Waals surface area (Å²) in [7, 11) is -4.43. The highest BCUT2D eigenvalue weighted by atomic mass is 31.2. The molecule has 0 saturated carbocycles. The Morgan fingerprint density at radius 2 is 1.17 bits per heavy atom. The molecule has 11 heteroatoms. The molecular weight excluding hydrogens is 705 g/mol. The van der Waals surface area contributed by atoms with E-state index in [9.17, 15) is 24.2 Å². The van der Waals surface area contributed by atoms with Crippen molar-refractivity contribution in [2.75, 3.05) is 26.4 Å². The summed E-state index contributed by atoms with van der Waals surface area (Å²) in [6.07, 6.45) is 43.6. The summed E-state index contributed by atoms with van der Waals surface area (Å²) in [4.78, 5) is 34.8. The number of aliphatic hydroxyl groups excluding tert-OH is 1. The zero-order valence-corrected chi connectivity index (χ0v) is 34.2. The molecule has 0 aliphatic rings. The monoisotopic (exact) mass is 777 g/mol. The van der Waals surface area contributed by atoms with E-state index in [0.717, 1.165) is 51.4 Å². The average molecular weight is 778 g/mol. The molecule has 3 atom stereocenters. The summed E-state index contributed by atoms with van der Waals surface area (Å²) >= 11 is 0. The molecule has 0 rings (SSSR count). The van der Waals surface area contributed by atoms with Crippen LogP contribution in [0.1, 0.15) is 136 Å². The summed E-state index contributed by atoms with van der Waals surface area (Å²) in [6, 6.07) is 0. The minimum atomic E-state index is -4.43. The standard InChI is InChI=1S/C43H72NO9P/c1-3-5-7-9-11-13-15-17-18-20-22-24-26-28-30-34-43(47)53-41(39-52-54(48,49)51-37-36-44)38-50-42(46)35-31-33-40(45)32-29-27-25-23-21-19-16-14-12-10-8-6-4-2/h11-14,17-19,21-22,24-25,27,29,32,40-41,45H,3-10,15-16,20,23,26,28,30-31,33-39,44H2,1-2H3,(H,48,49)/b13-11-,14-12-,18-17-,21-19-,24-22-,27-25-,32-29+/t40-,41-/m1/s1. The maximum atomic E-state index is 12.5. The van der Waals surface area contributed by atoms with Gasteiger partial charge in [0, 0.05) is 19.4 Å². The van der Waals surface area contributed by atoms with Gasteiger partial charge in [-0.3, -0.25) is 18.6 Å². The fourth-order valence-corrected chi connectivity index (χ4v) is 5.57. The summed E-state index contributed by atoms with van der Waals surface area (Å²) in [6.45, 7) is 3.37. The molecule has 308 valence electrons. The third-order valence-electron chi connectivity index (χ3n) is 7.86. The second-order valence-electron chi connectivity index (χ2n) is 13.0. The molecule has 4 N–H and O–H groups in total. The molecular formula is C43H72NO9P.